The van der Waals surface area contributed by atoms with Crippen molar-refractivity contribution in [1.29, 1.82) is 0 Å². The Hall–Kier alpha value is -5.74. The summed E-state index contributed by atoms with van der Waals surface area (Å²) in [6.45, 7) is 0. The molecule has 2 heterocycles. The number of imidazole rings is 2. The summed E-state index contributed by atoms with van der Waals surface area (Å²) in [6, 6.07) is 53.1. The highest BCUT2D eigenvalue weighted by Crippen LogP contribution is 2.35. The van der Waals surface area contributed by atoms with Crippen LogP contribution in [0.25, 0.3) is 67.1 Å². The highest BCUT2D eigenvalue weighted by Gasteiger charge is 2.15. The van der Waals surface area contributed by atoms with E-state index < -0.39 is 0 Å². The van der Waals surface area contributed by atoms with Crippen molar-refractivity contribution in [3.8, 4) is 45.0 Å². The van der Waals surface area contributed by atoms with E-state index in [1.807, 2.05) is 30.6 Å². The zero-order valence-corrected chi connectivity index (χ0v) is 22.8. The van der Waals surface area contributed by atoms with Gasteiger partial charge in [-0.15, -0.1) is 0 Å². The molecule has 2 aromatic heterocycles. The lowest BCUT2D eigenvalue weighted by atomic mass is 9.94. The van der Waals surface area contributed by atoms with Gasteiger partial charge in [0, 0.05) is 16.9 Å². The fourth-order valence-corrected chi connectivity index (χ4v) is 5.83. The predicted octanol–water partition coefficient (Wildman–Crippen LogP) is 9.37. The lowest BCUT2D eigenvalue weighted by Crippen LogP contribution is -1.98. The van der Waals surface area contributed by atoms with Crippen LogP contribution in [0.3, 0.4) is 0 Å². The maximum Gasteiger partial charge on any atom is 0.145 e. The largest absolute Gasteiger partial charge is 0.299 e. The van der Waals surface area contributed by atoms with Gasteiger partial charge in [-0.1, -0.05) is 103 Å². The van der Waals surface area contributed by atoms with Gasteiger partial charge in [0.2, 0.25) is 0 Å². The minimum absolute atomic E-state index is 0.935. The molecular weight excluding hydrogens is 512 g/mol. The van der Waals surface area contributed by atoms with E-state index in [-0.39, 0.29) is 0 Å². The molecule has 0 aliphatic rings. The van der Waals surface area contributed by atoms with E-state index in [0.29, 0.717) is 0 Å². The van der Waals surface area contributed by atoms with Gasteiger partial charge in [-0.25, -0.2) is 9.97 Å². The minimum Gasteiger partial charge on any atom is -0.299 e. The fourth-order valence-electron chi connectivity index (χ4n) is 5.83. The number of fused-ring (bicyclic) bond motifs is 2. The van der Waals surface area contributed by atoms with Crippen molar-refractivity contribution >= 4 is 22.1 Å². The van der Waals surface area contributed by atoms with Gasteiger partial charge in [0.05, 0.1) is 22.1 Å². The van der Waals surface area contributed by atoms with E-state index >= 15 is 0 Å². The molecule has 42 heavy (non-hydrogen) atoms. The summed E-state index contributed by atoms with van der Waals surface area (Å²) in [6.07, 6.45) is 1.89. The Morgan fingerprint density at radius 3 is 1.88 bits per heavy atom. The average molecular weight is 539 g/mol. The number of rotatable bonds is 5. The maximum absolute atomic E-state index is 5.03. The van der Waals surface area contributed by atoms with Crippen LogP contribution in [0.2, 0.25) is 0 Å². The molecule has 0 unspecified atom stereocenters. The summed E-state index contributed by atoms with van der Waals surface area (Å²) in [5, 5.41) is 0. The molecule has 0 amide bonds. The van der Waals surface area contributed by atoms with E-state index in [1.54, 1.807) is 0 Å². The van der Waals surface area contributed by atoms with E-state index in [4.69, 9.17) is 4.98 Å². The quantitative estimate of drug-likeness (QED) is 0.219. The summed E-state index contributed by atoms with van der Waals surface area (Å²) < 4.78 is 4.40. The third-order valence-electron chi connectivity index (χ3n) is 7.85. The van der Waals surface area contributed by atoms with Crippen LogP contribution in [0.1, 0.15) is 0 Å². The smallest absolute Gasteiger partial charge is 0.145 e. The molecule has 198 valence electrons. The van der Waals surface area contributed by atoms with Crippen molar-refractivity contribution in [2.45, 2.75) is 0 Å². The molecular formula is C38H26N4. The highest BCUT2D eigenvalue weighted by atomic mass is 15.1. The summed E-state index contributed by atoms with van der Waals surface area (Å²) in [5.74, 6) is 0.935. The second-order valence-corrected chi connectivity index (χ2v) is 10.4. The molecule has 0 N–H and O–H groups in total. The van der Waals surface area contributed by atoms with E-state index in [1.165, 1.54) is 16.7 Å². The van der Waals surface area contributed by atoms with Crippen molar-refractivity contribution in [1.82, 2.24) is 19.1 Å². The Balaban J connectivity index is 1.22. The minimum atomic E-state index is 0.935. The second-order valence-electron chi connectivity index (χ2n) is 10.4. The maximum atomic E-state index is 5.03. The van der Waals surface area contributed by atoms with Crippen LogP contribution >= 0.6 is 0 Å². The molecule has 0 atom stereocenters. The summed E-state index contributed by atoms with van der Waals surface area (Å²) in [5.41, 5.74) is 12.1. The van der Waals surface area contributed by atoms with E-state index in [0.717, 1.165) is 50.4 Å². The Morgan fingerprint density at radius 1 is 0.429 bits per heavy atom. The average Bonchev–Trinajstić information content (AvgIpc) is 3.68. The molecule has 4 heteroatoms. The topological polar surface area (TPSA) is 35.6 Å². The van der Waals surface area contributed by atoms with Crippen LogP contribution < -0.4 is 0 Å². The molecule has 0 fully saturated rings. The van der Waals surface area contributed by atoms with Gasteiger partial charge < -0.3 is 0 Å². The lowest BCUT2D eigenvalue weighted by Gasteiger charge is -2.14. The van der Waals surface area contributed by atoms with Gasteiger partial charge in [-0.05, 0) is 70.8 Å². The molecule has 0 spiro atoms. The van der Waals surface area contributed by atoms with Crippen LogP contribution in [0.15, 0.2) is 158 Å². The summed E-state index contributed by atoms with van der Waals surface area (Å²) in [4.78, 5) is 9.59. The molecule has 8 aromatic rings. The first-order valence-electron chi connectivity index (χ1n) is 14.1. The second kappa shape index (κ2) is 10.0. The number of aromatic nitrogens is 4. The molecule has 0 radical (unpaired) electrons. The number of hydrogen-bond acceptors (Lipinski definition) is 2. The fraction of sp³-hybridized carbons (Fsp3) is 0. The molecule has 0 bridgehead atoms. The lowest BCUT2D eigenvalue weighted by molar-refractivity contribution is 1.09. The van der Waals surface area contributed by atoms with Crippen molar-refractivity contribution < 1.29 is 0 Å². The zero-order valence-electron chi connectivity index (χ0n) is 22.8. The Kier molecular flexibility index (Phi) is 5.75. The molecule has 0 saturated carbocycles. The van der Waals surface area contributed by atoms with E-state index in [9.17, 15) is 0 Å². The zero-order chi connectivity index (χ0) is 27.9. The van der Waals surface area contributed by atoms with Gasteiger partial charge in [0.1, 0.15) is 12.2 Å². The van der Waals surface area contributed by atoms with Crippen molar-refractivity contribution in [2.24, 2.45) is 0 Å². The number of nitrogens with zero attached hydrogens (tertiary/aromatic N) is 4. The first-order chi connectivity index (χ1) is 20.8. The number of hydrogen-bond donors (Lipinski definition) is 0. The predicted molar refractivity (Wildman–Crippen MR) is 172 cm³/mol. The summed E-state index contributed by atoms with van der Waals surface area (Å²) >= 11 is 0. The number of para-hydroxylation sites is 4. The van der Waals surface area contributed by atoms with E-state index in [2.05, 4.69) is 142 Å². The van der Waals surface area contributed by atoms with Gasteiger partial charge >= 0.3 is 0 Å². The van der Waals surface area contributed by atoms with Gasteiger partial charge in [-0.3, -0.25) is 9.13 Å². The highest BCUT2D eigenvalue weighted by molar-refractivity contribution is 5.87. The monoisotopic (exact) mass is 538 g/mol. The first kappa shape index (κ1) is 24.1. The third-order valence-corrected chi connectivity index (χ3v) is 7.85. The Bertz CT molecular complexity index is 2190. The SMILES string of the molecule is c1ccc(-c2nc3ccccc3n2-c2cccc(-c3ccccc3-c3ccc(-n4cnc5ccccc54)cc3)c2)cc1. The standard InChI is InChI=1S/C38H26N4/c1-2-11-28(12-3-1)38-40-35-18-7-9-20-37(35)42(38)31-14-10-13-29(25-31)33-16-5-4-15-32(33)27-21-23-30(24-22-27)41-26-39-34-17-6-8-19-36(34)41/h1-26H. The molecule has 4 nitrogen and oxygen atoms in total. The molecule has 0 aliphatic carbocycles. The van der Waals surface area contributed by atoms with Gasteiger partial charge in [0.15, 0.2) is 0 Å². The molecule has 6 aromatic carbocycles. The molecule has 8 rings (SSSR count). The van der Waals surface area contributed by atoms with Crippen LogP contribution in [-0.2, 0) is 0 Å². The Morgan fingerprint density at radius 2 is 1.07 bits per heavy atom. The third kappa shape index (κ3) is 4.09. The van der Waals surface area contributed by atoms with Crippen molar-refractivity contribution in [3.05, 3.63) is 158 Å². The van der Waals surface area contributed by atoms with Gasteiger partial charge in [-0.2, -0.15) is 0 Å². The van der Waals surface area contributed by atoms with Crippen LogP contribution in [0.4, 0.5) is 0 Å². The van der Waals surface area contributed by atoms with Crippen molar-refractivity contribution in [2.75, 3.05) is 0 Å². The number of benzene rings is 6. The summed E-state index contributed by atoms with van der Waals surface area (Å²) in [7, 11) is 0. The van der Waals surface area contributed by atoms with Crippen molar-refractivity contribution in [3.63, 3.8) is 0 Å². The molecule has 0 aliphatic heterocycles. The van der Waals surface area contributed by atoms with Crippen LogP contribution in [-0.4, -0.2) is 19.1 Å². The Labute approximate surface area is 243 Å². The normalized spacial score (nSPS) is 11.3. The van der Waals surface area contributed by atoms with Gasteiger partial charge in [0.25, 0.3) is 0 Å². The van der Waals surface area contributed by atoms with Crippen LogP contribution in [0, 0.1) is 0 Å². The first-order valence-corrected chi connectivity index (χ1v) is 14.1. The van der Waals surface area contributed by atoms with Crippen LogP contribution in [0.5, 0.6) is 0 Å². The molecule has 0 saturated heterocycles.